The van der Waals surface area contributed by atoms with Gasteiger partial charge in [-0.05, 0) is 37.1 Å². The third kappa shape index (κ3) is 6.40. The Morgan fingerprint density at radius 2 is 1.88 bits per heavy atom. The lowest BCUT2D eigenvalue weighted by Crippen LogP contribution is -2.38. The molecule has 0 saturated heterocycles. The van der Waals surface area contributed by atoms with Crippen molar-refractivity contribution in [3.63, 3.8) is 0 Å². The molecule has 0 aliphatic heterocycles. The van der Waals surface area contributed by atoms with Crippen LogP contribution in [0.3, 0.4) is 0 Å². The van der Waals surface area contributed by atoms with E-state index in [1.54, 1.807) is 24.3 Å². The van der Waals surface area contributed by atoms with Crippen molar-refractivity contribution in [2.45, 2.75) is 38.1 Å². The number of esters is 1. The molecule has 142 valence electrons. The summed E-state index contributed by atoms with van der Waals surface area (Å²) >= 11 is 0. The molecule has 3 N–H and O–H groups in total. The van der Waals surface area contributed by atoms with Crippen molar-refractivity contribution in [1.29, 1.82) is 0 Å². The topological polar surface area (TPSA) is 96.9 Å². The molecule has 0 unspecified atom stereocenters. The van der Waals surface area contributed by atoms with E-state index in [0.717, 1.165) is 31.8 Å². The lowest BCUT2D eigenvalue weighted by molar-refractivity contribution is -0.135. The largest absolute Gasteiger partial charge is 0.491 e. The molecule has 1 aromatic rings. The Labute approximate surface area is 153 Å². The van der Waals surface area contributed by atoms with Crippen LogP contribution in [0.1, 0.15) is 32.1 Å². The molecule has 1 saturated carbocycles. The lowest BCUT2D eigenvalue weighted by Gasteiger charge is -2.23. The van der Waals surface area contributed by atoms with Crippen molar-refractivity contribution in [3.8, 4) is 5.75 Å². The van der Waals surface area contributed by atoms with Gasteiger partial charge in [0.2, 0.25) is 0 Å². The van der Waals surface area contributed by atoms with Crippen LogP contribution in [-0.4, -0.2) is 43.3 Å². The SMILES string of the molecule is COC(=O)/C=C(\Nc1ccc(OCCO)cc1)C(=O)NC1CCCCC1. The summed E-state index contributed by atoms with van der Waals surface area (Å²) in [4.78, 5) is 24.2. The predicted octanol–water partition coefficient (Wildman–Crippen LogP) is 1.98. The Hall–Kier alpha value is -2.54. The third-order valence-corrected chi connectivity index (χ3v) is 4.14. The van der Waals surface area contributed by atoms with Gasteiger partial charge < -0.3 is 25.2 Å². The Bertz CT molecular complexity index is 621. The van der Waals surface area contributed by atoms with E-state index in [0.29, 0.717) is 11.4 Å². The molecule has 26 heavy (non-hydrogen) atoms. The van der Waals surface area contributed by atoms with Gasteiger partial charge in [-0.2, -0.15) is 0 Å². The predicted molar refractivity (Wildman–Crippen MR) is 97.8 cm³/mol. The van der Waals surface area contributed by atoms with E-state index in [2.05, 4.69) is 15.4 Å². The quantitative estimate of drug-likeness (QED) is 0.483. The van der Waals surface area contributed by atoms with Crippen LogP contribution in [0.15, 0.2) is 36.0 Å². The van der Waals surface area contributed by atoms with Crippen LogP contribution < -0.4 is 15.4 Å². The van der Waals surface area contributed by atoms with E-state index >= 15 is 0 Å². The van der Waals surface area contributed by atoms with Crippen LogP contribution in [0, 0.1) is 0 Å². The van der Waals surface area contributed by atoms with Crippen LogP contribution >= 0.6 is 0 Å². The minimum atomic E-state index is -0.603. The zero-order valence-electron chi connectivity index (χ0n) is 15.0. The van der Waals surface area contributed by atoms with Gasteiger partial charge in [0.1, 0.15) is 18.1 Å². The summed E-state index contributed by atoms with van der Waals surface area (Å²) in [6.07, 6.45) is 6.45. The summed E-state index contributed by atoms with van der Waals surface area (Å²) in [6, 6.07) is 7.02. The summed E-state index contributed by atoms with van der Waals surface area (Å²) < 4.78 is 9.94. The monoisotopic (exact) mass is 362 g/mol. The fraction of sp³-hybridized carbons (Fsp3) is 0.474. The highest BCUT2D eigenvalue weighted by molar-refractivity contribution is 6.01. The highest BCUT2D eigenvalue weighted by Gasteiger charge is 2.19. The number of benzene rings is 1. The van der Waals surface area contributed by atoms with Crippen LogP contribution in [-0.2, 0) is 14.3 Å². The van der Waals surface area contributed by atoms with E-state index in [4.69, 9.17) is 9.84 Å². The molecule has 0 radical (unpaired) electrons. The molecule has 0 spiro atoms. The first-order chi connectivity index (χ1) is 12.6. The van der Waals surface area contributed by atoms with Crippen molar-refractivity contribution in [2.24, 2.45) is 0 Å². The van der Waals surface area contributed by atoms with Gasteiger partial charge >= 0.3 is 5.97 Å². The van der Waals surface area contributed by atoms with Gasteiger partial charge in [0.25, 0.3) is 5.91 Å². The molecule has 0 bridgehead atoms. The van der Waals surface area contributed by atoms with Crippen LogP contribution in [0.25, 0.3) is 0 Å². The number of carbonyl (C=O) groups is 2. The third-order valence-electron chi connectivity index (χ3n) is 4.14. The summed E-state index contributed by atoms with van der Waals surface area (Å²) in [5, 5.41) is 14.7. The van der Waals surface area contributed by atoms with Gasteiger partial charge in [0.15, 0.2) is 0 Å². The maximum atomic E-state index is 12.6. The van der Waals surface area contributed by atoms with Gasteiger partial charge in [0.05, 0.1) is 19.8 Å². The second-order valence-corrected chi connectivity index (χ2v) is 6.11. The maximum absolute atomic E-state index is 12.6. The number of methoxy groups -OCH3 is 1. The Morgan fingerprint density at radius 3 is 2.50 bits per heavy atom. The standard InChI is InChI=1S/C19H26N2O5/c1-25-18(23)13-17(19(24)21-14-5-3-2-4-6-14)20-15-7-9-16(10-8-15)26-12-11-22/h7-10,13-14,20,22H,2-6,11-12H2,1H3,(H,21,24)/b17-13-. The first-order valence-corrected chi connectivity index (χ1v) is 8.83. The van der Waals surface area contributed by atoms with Crippen LogP contribution in [0.4, 0.5) is 5.69 Å². The molecule has 0 atom stereocenters. The fourth-order valence-corrected chi connectivity index (χ4v) is 2.80. The molecular weight excluding hydrogens is 336 g/mol. The molecule has 0 heterocycles. The summed E-state index contributed by atoms with van der Waals surface area (Å²) in [6.45, 7) is 0.150. The van der Waals surface area contributed by atoms with Crippen molar-refractivity contribution in [2.75, 3.05) is 25.6 Å². The highest BCUT2D eigenvalue weighted by atomic mass is 16.5. The molecule has 7 nitrogen and oxygen atoms in total. The number of carbonyl (C=O) groups excluding carboxylic acids is 2. The number of hydrogen-bond acceptors (Lipinski definition) is 6. The minimum Gasteiger partial charge on any atom is -0.491 e. The van der Waals surface area contributed by atoms with Crippen molar-refractivity contribution < 1.29 is 24.2 Å². The van der Waals surface area contributed by atoms with Crippen LogP contribution in [0.5, 0.6) is 5.75 Å². The van der Waals surface area contributed by atoms with Gasteiger partial charge in [0, 0.05) is 11.7 Å². The number of amides is 1. The molecule has 7 heteroatoms. The number of ether oxygens (including phenoxy) is 2. The number of aliphatic hydroxyl groups is 1. The van der Waals surface area contributed by atoms with Crippen molar-refractivity contribution in [1.82, 2.24) is 5.32 Å². The maximum Gasteiger partial charge on any atom is 0.332 e. The van der Waals surface area contributed by atoms with Crippen molar-refractivity contribution in [3.05, 3.63) is 36.0 Å². The molecule has 1 fully saturated rings. The number of anilines is 1. The average Bonchev–Trinajstić information content (AvgIpc) is 2.67. The molecule has 2 rings (SSSR count). The average molecular weight is 362 g/mol. The second kappa shape index (κ2) is 10.5. The lowest BCUT2D eigenvalue weighted by atomic mass is 9.95. The first kappa shape index (κ1) is 19.8. The van der Waals surface area contributed by atoms with Crippen LogP contribution in [0.2, 0.25) is 0 Å². The summed E-state index contributed by atoms with van der Waals surface area (Å²) in [5.74, 6) is -0.327. The zero-order chi connectivity index (χ0) is 18.8. The van der Waals surface area contributed by atoms with E-state index in [1.807, 2.05) is 0 Å². The molecular formula is C19H26N2O5. The van der Waals surface area contributed by atoms with E-state index in [-0.39, 0.29) is 30.9 Å². The van der Waals surface area contributed by atoms with Gasteiger partial charge in [-0.3, -0.25) is 4.79 Å². The summed E-state index contributed by atoms with van der Waals surface area (Å²) in [5.41, 5.74) is 0.766. The number of nitrogens with one attached hydrogen (secondary N) is 2. The summed E-state index contributed by atoms with van der Waals surface area (Å²) in [7, 11) is 1.27. The normalized spacial score (nSPS) is 15.2. The number of hydrogen-bond donors (Lipinski definition) is 3. The number of rotatable bonds is 8. The fourth-order valence-electron chi connectivity index (χ4n) is 2.80. The van der Waals surface area contributed by atoms with Gasteiger partial charge in [-0.15, -0.1) is 0 Å². The molecule has 0 aromatic heterocycles. The van der Waals surface area contributed by atoms with Crippen molar-refractivity contribution >= 4 is 17.6 Å². The smallest absolute Gasteiger partial charge is 0.332 e. The van der Waals surface area contributed by atoms with Gasteiger partial charge in [-0.25, -0.2) is 4.79 Å². The minimum absolute atomic E-state index is 0.0621. The Balaban J connectivity index is 2.05. The Kier molecular flexibility index (Phi) is 7.95. The highest BCUT2D eigenvalue weighted by Crippen LogP contribution is 2.19. The van der Waals surface area contributed by atoms with E-state index in [1.165, 1.54) is 13.5 Å². The number of aliphatic hydroxyl groups excluding tert-OH is 1. The van der Waals surface area contributed by atoms with E-state index < -0.39 is 5.97 Å². The molecule has 1 aliphatic rings. The second-order valence-electron chi connectivity index (χ2n) is 6.11. The molecule has 1 aliphatic carbocycles. The Morgan fingerprint density at radius 1 is 1.19 bits per heavy atom. The molecule has 1 aromatic carbocycles. The zero-order valence-corrected chi connectivity index (χ0v) is 15.0. The van der Waals surface area contributed by atoms with Gasteiger partial charge in [-0.1, -0.05) is 19.3 Å². The van der Waals surface area contributed by atoms with E-state index in [9.17, 15) is 9.59 Å². The first-order valence-electron chi connectivity index (χ1n) is 8.83. The molecule has 1 amide bonds.